The molecule has 2 heterocycles. The van der Waals surface area contributed by atoms with Crippen molar-refractivity contribution in [3.05, 3.63) is 46.7 Å². The highest BCUT2D eigenvalue weighted by atomic mass is 35.5. The number of aromatic nitrogens is 1. The molecule has 2 N–H and O–H groups in total. The molecule has 1 spiro atoms. The number of hydrogen-bond donors (Lipinski definition) is 2. The van der Waals surface area contributed by atoms with Gasteiger partial charge < -0.3 is 5.32 Å². The summed E-state index contributed by atoms with van der Waals surface area (Å²) in [5.41, 5.74) is 2.89. The van der Waals surface area contributed by atoms with Gasteiger partial charge in [0.05, 0.1) is 5.41 Å². The molecule has 6 nitrogen and oxygen atoms in total. The van der Waals surface area contributed by atoms with Gasteiger partial charge in [0.25, 0.3) is 10.0 Å². The van der Waals surface area contributed by atoms with Crippen LogP contribution in [0.2, 0.25) is 5.15 Å². The van der Waals surface area contributed by atoms with Gasteiger partial charge >= 0.3 is 0 Å². The first kappa shape index (κ1) is 17.0. The molecule has 0 atom stereocenters. The number of pyridine rings is 1. The highest BCUT2D eigenvalue weighted by Gasteiger charge is 2.52. The second kappa shape index (κ2) is 5.69. The van der Waals surface area contributed by atoms with E-state index in [2.05, 4.69) is 15.0 Å². The van der Waals surface area contributed by atoms with E-state index in [1.807, 2.05) is 12.1 Å². The van der Waals surface area contributed by atoms with Gasteiger partial charge in [-0.2, -0.15) is 0 Å². The molecule has 140 valence electrons. The number of carbonyl (C=O) groups is 1. The Kier molecular flexibility index (Phi) is 3.58. The van der Waals surface area contributed by atoms with E-state index < -0.39 is 15.4 Å². The number of rotatable bonds is 4. The molecule has 0 saturated heterocycles. The van der Waals surface area contributed by atoms with E-state index in [1.54, 1.807) is 0 Å². The van der Waals surface area contributed by atoms with Crippen LogP contribution in [0.3, 0.4) is 0 Å². The first-order valence-electron chi connectivity index (χ1n) is 9.03. The van der Waals surface area contributed by atoms with Gasteiger partial charge in [-0.1, -0.05) is 18.0 Å². The molecule has 2 fully saturated rings. The molecule has 0 unspecified atom stereocenters. The second-order valence-corrected chi connectivity index (χ2v) is 9.64. The van der Waals surface area contributed by atoms with E-state index in [4.69, 9.17) is 11.6 Å². The zero-order valence-corrected chi connectivity index (χ0v) is 16.0. The van der Waals surface area contributed by atoms with Crippen molar-refractivity contribution in [3.8, 4) is 0 Å². The molecule has 2 aliphatic carbocycles. The average molecular weight is 404 g/mol. The van der Waals surface area contributed by atoms with Crippen molar-refractivity contribution >= 4 is 38.9 Å². The van der Waals surface area contributed by atoms with Crippen LogP contribution in [0.1, 0.15) is 49.1 Å². The number of halogens is 1. The maximum absolute atomic E-state index is 12.7. The van der Waals surface area contributed by atoms with Crippen molar-refractivity contribution in [1.82, 2.24) is 4.98 Å². The third-order valence-electron chi connectivity index (χ3n) is 5.84. The third-order valence-corrected chi connectivity index (χ3v) is 7.43. The van der Waals surface area contributed by atoms with Crippen LogP contribution in [0.4, 0.5) is 11.4 Å². The smallest absolute Gasteiger partial charge is 0.263 e. The van der Waals surface area contributed by atoms with Crippen LogP contribution in [0.5, 0.6) is 0 Å². The fourth-order valence-corrected chi connectivity index (χ4v) is 5.17. The first-order chi connectivity index (χ1) is 12.9. The number of hydrogen-bond acceptors (Lipinski definition) is 4. The van der Waals surface area contributed by atoms with Crippen LogP contribution in [0.15, 0.2) is 35.4 Å². The molecule has 2 saturated carbocycles. The van der Waals surface area contributed by atoms with Gasteiger partial charge in [0.1, 0.15) is 10.0 Å². The zero-order valence-electron chi connectivity index (χ0n) is 14.5. The Morgan fingerprint density at radius 1 is 1.22 bits per heavy atom. The van der Waals surface area contributed by atoms with Crippen LogP contribution < -0.4 is 10.0 Å². The molecule has 1 amide bonds. The lowest BCUT2D eigenvalue weighted by Crippen LogP contribution is -2.40. The number of amides is 1. The van der Waals surface area contributed by atoms with E-state index >= 15 is 0 Å². The van der Waals surface area contributed by atoms with Gasteiger partial charge in [-0.15, -0.1) is 0 Å². The summed E-state index contributed by atoms with van der Waals surface area (Å²) in [5, 5.41) is 3.30. The summed E-state index contributed by atoms with van der Waals surface area (Å²) >= 11 is 5.75. The standard InChI is InChI=1S/C19H18ClN3O3S/c20-16-5-4-13(10-21-16)27(25,26)23-12-8-14(11-2-3-11)17-15(9-12)19(6-1-7-19)18(24)22-17/h4-5,8-11,23H,1-3,6-7H2,(H,22,24). The molecule has 1 aromatic heterocycles. The van der Waals surface area contributed by atoms with Gasteiger partial charge in [0.2, 0.25) is 5.91 Å². The Hall–Kier alpha value is -2.12. The summed E-state index contributed by atoms with van der Waals surface area (Å²) in [7, 11) is -3.79. The molecular formula is C19H18ClN3O3S. The van der Waals surface area contributed by atoms with Gasteiger partial charge in [-0.3, -0.25) is 9.52 Å². The minimum Gasteiger partial charge on any atom is -0.325 e. The molecule has 2 aromatic rings. The summed E-state index contributed by atoms with van der Waals surface area (Å²) in [6.45, 7) is 0. The molecule has 0 bridgehead atoms. The molecule has 5 rings (SSSR count). The van der Waals surface area contributed by atoms with E-state index in [-0.39, 0.29) is 16.0 Å². The predicted octanol–water partition coefficient (Wildman–Crippen LogP) is 3.79. The minimum absolute atomic E-state index is 0.0487. The Bertz CT molecular complexity index is 1060. The summed E-state index contributed by atoms with van der Waals surface area (Å²) in [5.74, 6) is 0.434. The van der Waals surface area contributed by atoms with E-state index in [1.165, 1.54) is 18.3 Å². The summed E-state index contributed by atoms with van der Waals surface area (Å²) in [4.78, 5) is 16.5. The van der Waals surface area contributed by atoms with Crippen LogP contribution in [0, 0.1) is 0 Å². The van der Waals surface area contributed by atoms with Gasteiger partial charge in [-0.25, -0.2) is 13.4 Å². The largest absolute Gasteiger partial charge is 0.325 e. The highest BCUT2D eigenvalue weighted by molar-refractivity contribution is 7.92. The summed E-state index contributed by atoms with van der Waals surface area (Å²) in [6, 6.07) is 6.54. The lowest BCUT2D eigenvalue weighted by atomic mass is 9.65. The fourth-order valence-electron chi connectivity index (χ4n) is 4.07. The third kappa shape index (κ3) is 2.63. The molecule has 1 aliphatic heterocycles. The molecule has 27 heavy (non-hydrogen) atoms. The first-order valence-corrected chi connectivity index (χ1v) is 10.9. The van der Waals surface area contributed by atoms with Crippen LogP contribution in [-0.2, 0) is 20.2 Å². The zero-order chi connectivity index (χ0) is 18.8. The number of nitrogens with one attached hydrogen (secondary N) is 2. The number of anilines is 2. The topological polar surface area (TPSA) is 88.2 Å². The lowest BCUT2D eigenvalue weighted by Gasteiger charge is -2.36. The Labute approximate surface area is 162 Å². The molecular weight excluding hydrogens is 386 g/mol. The van der Waals surface area contributed by atoms with Gasteiger partial charge in [-0.05, 0) is 67.0 Å². The second-order valence-electron chi connectivity index (χ2n) is 7.57. The molecule has 1 aromatic carbocycles. The monoisotopic (exact) mass is 403 g/mol. The Balaban J connectivity index is 1.57. The molecule has 0 radical (unpaired) electrons. The minimum atomic E-state index is -3.79. The maximum atomic E-state index is 12.7. The van der Waals surface area contributed by atoms with E-state index in [9.17, 15) is 13.2 Å². The van der Waals surface area contributed by atoms with Crippen molar-refractivity contribution in [1.29, 1.82) is 0 Å². The number of fused-ring (bicyclic) bond motifs is 2. The van der Waals surface area contributed by atoms with E-state index in [0.29, 0.717) is 11.6 Å². The average Bonchev–Trinajstić information content (AvgIpc) is 3.36. The number of nitrogens with zero attached hydrogens (tertiary/aromatic N) is 1. The summed E-state index contributed by atoms with van der Waals surface area (Å²) in [6.07, 6.45) is 6.00. The lowest BCUT2D eigenvalue weighted by molar-refractivity contribution is -0.123. The SMILES string of the molecule is O=C1Nc2c(C3CC3)cc(NS(=O)(=O)c3ccc(Cl)nc3)cc2C12CCC2. The van der Waals surface area contributed by atoms with Gasteiger partial charge in [0.15, 0.2) is 0 Å². The quantitative estimate of drug-likeness (QED) is 0.760. The molecule has 3 aliphatic rings. The Morgan fingerprint density at radius 3 is 2.59 bits per heavy atom. The van der Waals surface area contributed by atoms with Crippen molar-refractivity contribution in [2.24, 2.45) is 0 Å². The van der Waals surface area contributed by atoms with Crippen LogP contribution >= 0.6 is 11.6 Å². The van der Waals surface area contributed by atoms with Gasteiger partial charge in [0, 0.05) is 17.6 Å². The van der Waals surface area contributed by atoms with Crippen LogP contribution in [-0.4, -0.2) is 19.3 Å². The maximum Gasteiger partial charge on any atom is 0.263 e. The highest BCUT2D eigenvalue weighted by Crippen LogP contribution is 2.56. The van der Waals surface area contributed by atoms with E-state index in [0.717, 1.165) is 48.9 Å². The van der Waals surface area contributed by atoms with Crippen molar-refractivity contribution < 1.29 is 13.2 Å². The van der Waals surface area contributed by atoms with Crippen molar-refractivity contribution in [3.63, 3.8) is 0 Å². The fraction of sp³-hybridized carbons (Fsp3) is 0.368. The number of sulfonamides is 1. The number of carbonyl (C=O) groups excluding carboxylic acids is 1. The van der Waals surface area contributed by atoms with Crippen LogP contribution in [0.25, 0.3) is 0 Å². The summed E-state index contributed by atoms with van der Waals surface area (Å²) < 4.78 is 28.1. The molecule has 8 heteroatoms. The predicted molar refractivity (Wildman–Crippen MR) is 103 cm³/mol. The van der Waals surface area contributed by atoms with Crippen molar-refractivity contribution in [2.75, 3.05) is 10.0 Å². The number of benzene rings is 1. The van der Waals surface area contributed by atoms with Crippen molar-refractivity contribution in [2.45, 2.75) is 48.3 Å². The normalized spacial score (nSPS) is 20.1. The Morgan fingerprint density at radius 2 is 2.00 bits per heavy atom.